The Morgan fingerprint density at radius 1 is 1.25 bits per heavy atom. The normalized spacial score (nSPS) is 21.9. The Bertz CT molecular complexity index is 335. The van der Waals surface area contributed by atoms with Gasteiger partial charge in [-0.05, 0) is 34.1 Å². The molecule has 6 heteroatoms. The van der Waals surface area contributed by atoms with Crippen LogP contribution in [0.15, 0.2) is 10.7 Å². The molecule has 0 radical (unpaired) electrons. The number of rotatable bonds is 5. The first-order valence-electron chi connectivity index (χ1n) is 5.41. The fourth-order valence-electron chi connectivity index (χ4n) is 1.41. The van der Waals surface area contributed by atoms with Gasteiger partial charge in [-0.15, -0.1) is 0 Å². The van der Waals surface area contributed by atoms with E-state index in [9.17, 15) is 8.77 Å². The van der Waals surface area contributed by atoms with Crippen LogP contribution in [0.25, 0.3) is 0 Å². The Morgan fingerprint density at radius 3 is 2.06 bits per heavy atom. The molecule has 0 aromatic heterocycles. The second kappa shape index (κ2) is 5.58. The van der Waals surface area contributed by atoms with Crippen molar-refractivity contribution < 1.29 is 17.8 Å². The average Bonchev–Trinajstić information content (AvgIpc) is 2.48. The Balaban J connectivity index is 2.94. The van der Waals surface area contributed by atoms with Crippen molar-refractivity contribution in [1.29, 1.82) is 0 Å². The maximum absolute atomic E-state index is 12.5. The lowest BCUT2D eigenvalue weighted by atomic mass is 10.5. The zero-order valence-corrected chi connectivity index (χ0v) is 11.8. The van der Waals surface area contributed by atoms with Crippen molar-refractivity contribution >= 4 is 18.4 Å². The van der Waals surface area contributed by atoms with Crippen LogP contribution in [0, 0.1) is 0 Å². The first kappa shape index (κ1) is 14.1. The molecule has 0 amide bonds. The number of allylic oxidation sites excluding steroid dienone is 1. The summed E-state index contributed by atoms with van der Waals surface area (Å²) in [6.45, 7) is 7.15. The molecule has 1 heterocycles. The summed E-state index contributed by atoms with van der Waals surface area (Å²) in [7, 11) is -4.59. The minimum absolute atomic E-state index is 0.219. The maximum Gasteiger partial charge on any atom is 0.370 e. The molecule has 0 saturated carbocycles. The molecule has 4 nitrogen and oxygen atoms in total. The van der Waals surface area contributed by atoms with Crippen LogP contribution in [0.2, 0.25) is 0 Å². The van der Waals surface area contributed by atoms with E-state index >= 15 is 0 Å². The van der Waals surface area contributed by atoms with Crippen LogP contribution in [0.3, 0.4) is 0 Å². The first-order chi connectivity index (χ1) is 7.35. The van der Waals surface area contributed by atoms with Crippen molar-refractivity contribution in [3.8, 4) is 0 Å². The van der Waals surface area contributed by atoms with E-state index in [-0.39, 0.29) is 12.2 Å². The SMILES string of the molecule is CC(C)OP(=O)(OC(C)C)C1=CCCS1=O. The van der Waals surface area contributed by atoms with E-state index in [1.54, 1.807) is 33.8 Å². The van der Waals surface area contributed by atoms with E-state index in [0.717, 1.165) is 0 Å². The minimum Gasteiger partial charge on any atom is -0.302 e. The van der Waals surface area contributed by atoms with E-state index in [4.69, 9.17) is 9.05 Å². The molecule has 1 aliphatic rings. The quantitative estimate of drug-likeness (QED) is 0.718. The van der Waals surface area contributed by atoms with Gasteiger partial charge in [0.25, 0.3) is 0 Å². The standard InChI is InChI=1S/C10H19O4PS/c1-8(2)13-15(11,14-9(3)4)10-6-5-7-16(10)12/h6,8-9H,5,7H2,1-4H3. The summed E-state index contributed by atoms with van der Waals surface area (Å²) in [6.07, 6.45) is 1.96. The van der Waals surface area contributed by atoms with Gasteiger partial charge in [-0.3, -0.25) is 8.77 Å². The van der Waals surface area contributed by atoms with Crippen molar-refractivity contribution in [2.75, 3.05) is 5.75 Å². The van der Waals surface area contributed by atoms with Crippen LogP contribution in [-0.4, -0.2) is 22.2 Å². The molecule has 0 bridgehead atoms. The molecule has 0 N–H and O–H groups in total. The Hall–Kier alpha value is 0.0400. The summed E-state index contributed by atoms with van der Waals surface area (Å²) in [6, 6.07) is 0. The van der Waals surface area contributed by atoms with E-state index in [2.05, 4.69) is 0 Å². The van der Waals surface area contributed by atoms with Gasteiger partial charge in [-0.1, -0.05) is 6.08 Å². The third-order valence-electron chi connectivity index (χ3n) is 1.82. The van der Waals surface area contributed by atoms with E-state index in [1.807, 2.05) is 0 Å². The molecule has 0 spiro atoms. The third-order valence-corrected chi connectivity index (χ3v) is 6.47. The van der Waals surface area contributed by atoms with Gasteiger partial charge in [0.1, 0.15) is 4.65 Å². The van der Waals surface area contributed by atoms with Gasteiger partial charge in [0.15, 0.2) is 0 Å². The molecule has 0 saturated heterocycles. The highest BCUT2D eigenvalue weighted by Crippen LogP contribution is 2.60. The molecule has 1 atom stereocenters. The summed E-state index contributed by atoms with van der Waals surface area (Å²) < 4.78 is 35.3. The van der Waals surface area contributed by atoms with Crippen LogP contribution in [0.1, 0.15) is 34.1 Å². The van der Waals surface area contributed by atoms with Crippen LogP contribution in [-0.2, 0) is 24.4 Å². The monoisotopic (exact) mass is 266 g/mol. The summed E-state index contributed by atoms with van der Waals surface area (Å²) in [5.41, 5.74) is 0. The summed E-state index contributed by atoms with van der Waals surface area (Å²) in [5.74, 6) is 0.516. The molecule has 0 aromatic carbocycles. The van der Waals surface area contributed by atoms with Crippen molar-refractivity contribution in [1.82, 2.24) is 0 Å². The van der Waals surface area contributed by atoms with Gasteiger partial charge in [0.05, 0.1) is 23.0 Å². The van der Waals surface area contributed by atoms with Crippen LogP contribution in [0.4, 0.5) is 0 Å². The molecule has 0 aliphatic carbocycles. The molecule has 0 fully saturated rings. The van der Waals surface area contributed by atoms with Gasteiger partial charge in [0, 0.05) is 5.75 Å². The Kier molecular flexibility index (Phi) is 4.92. The second-order valence-corrected chi connectivity index (χ2v) is 7.93. The summed E-state index contributed by atoms with van der Waals surface area (Å²) in [4.78, 5) is 0. The number of hydrogen-bond acceptors (Lipinski definition) is 4. The Labute approximate surface area is 99.4 Å². The largest absolute Gasteiger partial charge is 0.370 e. The lowest BCUT2D eigenvalue weighted by molar-refractivity contribution is 0.148. The lowest BCUT2D eigenvalue weighted by Gasteiger charge is -2.22. The summed E-state index contributed by atoms with van der Waals surface area (Å²) >= 11 is 0. The van der Waals surface area contributed by atoms with E-state index in [1.165, 1.54) is 0 Å². The predicted octanol–water partition coefficient (Wildman–Crippen LogP) is 3.02. The van der Waals surface area contributed by atoms with Gasteiger partial charge >= 0.3 is 7.60 Å². The molecule has 0 aromatic rings. The van der Waals surface area contributed by atoms with Gasteiger partial charge in [-0.25, -0.2) is 0 Å². The smallest absolute Gasteiger partial charge is 0.302 e. The topological polar surface area (TPSA) is 52.6 Å². The molecular formula is C10H19O4PS. The molecule has 1 unspecified atom stereocenters. The first-order valence-corrected chi connectivity index (χ1v) is 8.27. The van der Waals surface area contributed by atoms with Gasteiger partial charge < -0.3 is 9.05 Å². The molecule has 16 heavy (non-hydrogen) atoms. The molecule has 1 aliphatic heterocycles. The minimum atomic E-state index is -3.37. The molecule has 1 rings (SSSR count). The molecule has 94 valence electrons. The zero-order chi connectivity index (χ0) is 12.3. The molecular weight excluding hydrogens is 247 g/mol. The predicted molar refractivity (Wildman–Crippen MR) is 65.8 cm³/mol. The zero-order valence-electron chi connectivity index (χ0n) is 10.1. The van der Waals surface area contributed by atoms with Crippen molar-refractivity contribution in [3.05, 3.63) is 10.7 Å². The van der Waals surface area contributed by atoms with Crippen molar-refractivity contribution in [2.45, 2.75) is 46.3 Å². The maximum atomic E-state index is 12.5. The highest BCUT2D eigenvalue weighted by molar-refractivity contribution is 7.98. The van der Waals surface area contributed by atoms with E-state index in [0.29, 0.717) is 16.8 Å². The van der Waals surface area contributed by atoms with Crippen LogP contribution >= 0.6 is 7.60 Å². The van der Waals surface area contributed by atoms with Gasteiger partial charge in [0.2, 0.25) is 0 Å². The van der Waals surface area contributed by atoms with Crippen LogP contribution < -0.4 is 0 Å². The fourth-order valence-corrected chi connectivity index (χ4v) is 5.50. The van der Waals surface area contributed by atoms with Gasteiger partial charge in [-0.2, -0.15) is 0 Å². The highest BCUT2D eigenvalue weighted by Gasteiger charge is 2.38. The van der Waals surface area contributed by atoms with Crippen molar-refractivity contribution in [3.63, 3.8) is 0 Å². The van der Waals surface area contributed by atoms with E-state index < -0.39 is 18.4 Å². The average molecular weight is 266 g/mol. The lowest BCUT2D eigenvalue weighted by Crippen LogP contribution is -2.10. The number of hydrogen-bond donors (Lipinski definition) is 0. The Morgan fingerprint density at radius 2 is 1.75 bits per heavy atom. The van der Waals surface area contributed by atoms with Crippen molar-refractivity contribution in [2.24, 2.45) is 0 Å². The second-order valence-electron chi connectivity index (χ2n) is 4.19. The summed E-state index contributed by atoms with van der Waals surface area (Å²) in [5, 5.41) is 0. The fraction of sp³-hybridized carbons (Fsp3) is 0.800. The van der Waals surface area contributed by atoms with Crippen LogP contribution in [0.5, 0.6) is 0 Å². The highest BCUT2D eigenvalue weighted by atomic mass is 32.2. The third kappa shape index (κ3) is 3.52.